The molecule has 2 rings (SSSR count). The van der Waals surface area contributed by atoms with Crippen LogP contribution in [0.1, 0.15) is 11.1 Å². The monoisotopic (exact) mass is 368 g/mol. The highest BCUT2D eigenvalue weighted by atomic mass is 79.9. The van der Waals surface area contributed by atoms with Crippen LogP contribution < -0.4 is 10.4 Å². The molecule has 0 fully saturated rings. The van der Waals surface area contributed by atoms with Gasteiger partial charge < -0.3 is 0 Å². The molecular weight excluding hydrogens is 356 g/mol. The summed E-state index contributed by atoms with van der Waals surface area (Å²) in [5.74, 6) is 0. The highest BCUT2D eigenvalue weighted by molar-refractivity contribution is 9.52. The van der Waals surface area contributed by atoms with Crippen molar-refractivity contribution in [1.82, 2.24) is 0 Å². The molecule has 0 spiro atoms. The lowest BCUT2D eigenvalue weighted by Gasteiger charge is -2.22. The quantitative estimate of drug-likeness (QED) is 0.559. The Hall–Kier alpha value is -0.383. The summed E-state index contributed by atoms with van der Waals surface area (Å²) < 4.78 is 0. The Morgan fingerprint density at radius 3 is 1.41 bits per heavy atom. The molecule has 0 heterocycles. The molecule has 0 bridgehead atoms. The molecule has 0 N–H and O–H groups in total. The van der Waals surface area contributed by atoms with Crippen LogP contribution in [0.3, 0.4) is 0 Å². The van der Waals surface area contributed by atoms with E-state index in [-0.39, 0.29) is 0 Å². The molecule has 0 aromatic heterocycles. The van der Waals surface area contributed by atoms with Crippen molar-refractivity contribution in [2.75, 3.05) is 0 Å². The van der Waals surface area contributed by atoms with E-state index in [9.17, 15) is 0 Å². The second-order valence-electron chi connectivity index (χ2n) is 4.20. The third kappa shape index (κ3) is 2.56. The van der Waals surface area contributed by atoms with Crippen LogP contribution in [-0.2, 0) is 0 Å². The van der Waals surface area contributed by atoms with Crippen LogP contribution in [0.25, 0.3) is 0 Å². The van der Waals surface area contributed by atoms with Crippen molar-refractivity contribution in [3.8, 4) is 0 Å². The minimum Gasteiger partial charge on any atom is -0.0987 e. The molecule has 17 heavy (non-hydrogen) atoms. The van der Waals surface area contributed by atoms with E-state index in [1.54, 1.807) is 0 Å². The van der Waals surface area contributed by atoms with E-state index in [0.29, 0.717) is 0 Å². The van der Waals surface area contributed by atoms with Gasteiger partial charge in [0.05, 0.1) is 0 Å². The molecule has 0 saturated heterocycles. The molecule has 0 saturated carbocycles. The first-order valence-electron chi connectivity index (χ1n) is 5.53. The molecule has 0 aliphatic carbocycles. The van der Waals surface area contributed by atoms with Crippen LogP contribution in [0.4, 0.5) is 0 Å². The maximum atomic E-state index is 3.96. The van der Waals surface area contributed by atoms with Crippen LogP contribution in [0.15, 0.2) is 48.5 Å². The third-order valence-electron chi connectivity index (χ3n) is 2.97. The van der Waals surface area contributed by atoms with Gasteiger partial charge in [-0.25, -0.2) is 0 Å². The third-order valence-corrected chi connectivity index (χ3v) is 10.6. The maximum Gasteiger partial charge on any atom is 0.260 e. The predicted molar refractivity (Wildman–Crippen MR) is 85.2 cm³/mol. The van der Waals surface area contributed by atoms with Crippen LogP contribution in [0.5, 0.6) is 0 Å². The topological polar surface area (TPSA) is 0 Å². The van der Waals surface area contributed by atoms with Gasteiger partial charge in [0.1, 0.15) is 0 Å². The molecule has 0 amide bonds. The summed E-state index contributed by atoms with van der Waals surface area (Å²) in [4.78, 5) is 0. The van der Waals surface area contributed by atoms with Gasteiger partial charge in [-0.2, -0.15) is 0 Å². The maximum absolute atomic E-state index is 3.96. The summed E-state index contributed by atoms with van der Waals surface area (Å²) in [6, 6.07) is 17.1. The van der Waals surface area contributed by atoms with E-state index >= 15 is 0 Å². The molecule has 0 radical (unpaired) electrons. The lowest BCUT2D eigenvalue weighted by atomic mass is 10.2. The van der Waals surface area contributed by atoms with E-state index in [1.165, 1.54) is 21.5 Å². The van der Waals surface area contributed by atoms with E-state index in [0.717, 1.165) is 0 Å². The molecule has 0 nitrogen and oxygen atoms in total. The summed E-state index contributed by atoms with van der Waals surface area (Å²) in [7, 11) is 0. The lowest BCUT2D eigenvalue weighted by molar-refractivity contribution is 1.50. The average Bonchev–Trinajstić information content (AvgIpc) is 2.29. The Bertz CT molecular complexity index is 488. The van der Waals surface area contributed by atoms with E-state index in [4.69, 9.17) is 0 Å². The Labute approximate surface area is 119 Å². The number of rotatable bonds is 2. The van der Waals surface area contributed by atoms with Crippen molar-refractivity contribution in [3.05, 3.63) is 59.7 Å². The Morgan fingerprint density at radius 1 is 0.706 bits per heavy atom. The summed E-state index contributed by atoms with van der Waals surface area (Å²) in [6.45, 7) is 4.33. The molecule has 3 heteroatoms. The lowest BCUT2D eigenvalue weighted by Crippen LogP contribution is -2.49. The van der Waals surface area contributed by atoms with Crippen molar-refractivity contribution in [2.45, 2.75) is 13.8 Å². The first-order valence-corrected chi connectivity index (χ1v) is 12.0. The predicted octanol–water partition coefficient (Wildman–Crippen LogP) is 3.65. The second kappa shape index (κ2) is 5.08. The minimum atomic E-state index is -1.92. The fourth-order valence-corrected chi connectivity index (χ4v) is 9.39. The highest BCUT2D eigenvalue weighted by Gasteiger charge is 2.33. The average molecular weight is 370 g/mol. The van der Waals surface area contributed by atoms with E-state index < -0.39 is 5.31 Å². The molecule has 2 aromatic carbocycles. The fraction of sp³-hybridized carbons (Fsp3) is 0.143. The molecule has 2 aromatic rings. The Balaban J connectivity index is 2.58. The van der Waals surface area contributed by atoms with Crippen molar-refractivity contribution < 1.29 is 0 Å². The molecule has 0 atom stereocenters. The largest absolute Gasteiger partial charge is 0.260 e. The zero-order chi connectivity index (χ0) is 12.5. The van der Waals surface area contributed by atoms with Gasteiger partial charge in [0.25, 0.3) is 5.31 Å². The van der Waals surface area contributed by atoms with Crippen LogP contribution >= 0.6 is 30.6 Å². The molecule has 0 aliphatic rings. The zero-order valence-electron chi connectivity index (χ0n) is 9.87. The van der Waals surface area contributed by atoms with Gasteiger partial charge in [0.15, 0.2) is 0 Å². The molecular formula is C14H14Br2Si. The SMILES string of the molecule is Cc1ccccc1[Si](Br)(Br)c1ccccc1C. The van der Waals surface area contributed by atoms with Crippen molar-refractivity contribution >= 4 is 46.3 Å². The molecule has 0 aliphatic heterocycles. The van der Waals surface area contributed by atoms with Crippen LogP contribution in [0.2, 0.25) is 0 Å². The first kappa shape index (κ1) is 13.1. The number of benzene rings is 2. The van der Waals surface area contributed by atoms with Gasteiger partial charge in [-0.3, -0.25) is 0 Å². The highest BCUT2D eigenvalue weighted by Crippen LogP contribution is 2.23. The standard InChI is InChI=1S/C14H14Br2Si/c1-11-7-3-5-9-13(11)17(15,16)14-10-6-4-8-12(14)2/h3-10H,1-2H3. The first-order chi connectivity index (χ1) is 8.03. The van der Waals surface area contributed by atoms with Crippen molar-refractivity contribution in [3.63, 3.8) is 0 Å². The Morgan fingerprint density at radius 2 is 1.06 bits per heavy atom. The number of hydrogen-bond donors (Lipinski definition) is 0. The van der Waals surface area contributed by atoms with Gasteiger partial charge in [-0.1, -0.05) is 79.1 Å². The zero-order valence-corrected chi connectivity index (χ0v) is 14.0. The van der Waals surface area contributed by atoms with Crippen LogP contribution in [0, 0.1) is 13.8 Å². The van der Waals surface area contributed by atoms with E-state index in [1.807, 2.05) is 0 Å². The summed E-state index contributed by atoms with van der Waals surface area (Å²) >= 11 is 7.91. The van der Waals surface area contributed by atoms with Gasteiger partial charge >= 0.3 is 0 Å². The number of halogens is 2. The Kier molecular flexibility index (Phi) is 3.91. The number of hydrogen-bond acceptors (Lipinski definition) is 0. The number of aryl methyl sites for hydroxylation is 2. The van der Waals surface area contributed by atoms with Crippen molar-refractivity contribution in [1.29, 1.82) is 0 Å². The van der Waals surface area contributed by atoms with Crippen molar-refractivity contribution in [2.24, 2.45) is 0 Å². The molecule has 0 unspecified atom stereocenters. The van der Waals surface area contributed by atoms with Gasteiger partial charge in [0, 0.05) is 0 Å². The van der Waals surface area contributed by atoms with Gasteiger partial charge in [-0.15, -0.1) is 0 Å². The summed E-state index contributed by atoms with van der Waals surface area (Å²) in [5.41, 5.74) is 2.66. The normalized spacial score (nSPS) is 11.5. The van der Waals surface area contributed by atoms with Gasteiger partial charge in [0.2, 0.25) is 0 Å². The molecule has 88 valence electrons. The fourth-order valence-electron chi connectivity index (χ4n) is 2.00. The summed E-state index contributed by atoms with van der Waals surface area (Å²) in [6.07, 6.45) is 0. The smallest absolute Gasteiger partial charge is 0.0987 e. The summed E-state index contributed by atoms with van der Waals surface area (Å²) in [5, 5.41) is 0.848. The van der Waals surface area contributed by atoms with Gasteiger partial charge in [-0.05, 0) is 35.3 Å². The van der Waals surface area contributed by atoms with Crippen LogP contribution in [-0.4, -0.2) is 5.31 Å². The second-order valence-corrected chi connectivity index (χ2v) is 16.8. The van der Waals surface area contributed by atoms with E-state index in [2.05, 4.69) is 93.0 Å². The minimum absolute atomic E-state index is 1.33.